The SMILES string of the molecule is Brc1cc(Sc2cccc(N(c3ccccc3)c3ccccc3)c2)cc(-n2c(-c3ccccc3)nc3ccccc32)c1. The fraction of sp³-hybridized carbons (Fsp3) is 0. The fourth-order valence-electron chi connectivity index (χ4n) is 5.23. The molecule has 42 heavy (non-hydrogen) atoms. The van der Waals surface area contributed by atoms with E-state index in [9.17, 15) is 0 Å². The number of fused-ring (bicyclic) bond motifs is 1. The van der Waals surface area contributed by atoms with Gasteiger partial charge in [0.2, 0.25) is 0 Å². The van der Waals surface area contributed by atoms with Gasteiger partial charge in [0, 0.05) is 42.6 Å². The Morgan fingerprint density at radius 2 is 1.17 bits per heavy atom. The van der Waals surface area contributed by atoms with Crippen molar-refractivity contribution < 1.29 is 0 Å². The summed E-state index contributed by atoms with van der Waals surface area (Å²) < 4.78 is 3.27. The number of benzene rings is 6. The van der Waals surface area contributed by atoms with Crippen molar-refractivity contribution in [2.75, 3.05) is 4.90 Å². The zero-order chi connectivity index (χ0) is 28.3. The lowest BCUT2D eigenvalue weighted by atomic mass is 10.2. The van der Waals surface area contributed by atoms with Gasteiger partial charge in [-0.3, -0.25) is 4.57 Å². The molecule has 0 fully saturated rings. The minimum atomic E-state index is 0.925. The molecule has 0 radical (unpaired) electrons. The number of aromatic nitrogens is 2. The van der Waals surface area contributed by atoms with Crippen LogP contribution in [0.3, 0.4) is 0 Å². The Hall–Kier alpha value is -4.58. The molecule has 202 valence electrons. The highest BCUT2D eigenvalue weighted by atomic mass is 79.9. The Labute approximate surface area is 258 Å². The van der Waals surface area contributed by atoms with Crippen molar-refractivity contribution in [2.24, 2.45) is 0 Å². The molecule has 7 aromatic rings. The fourth-order valence-corrected chi connectivity index (χ4v) is 6.82. The smallest absolute Gasteiger partial charge is 0.145 e. The van der Waals surface area contributed by atoms with Crippen LogP contribution < -0.4 is 4.90 Å². The maximum atomic E-state index is 5.03. The monoisotopic (exact) mass is 623 g/mol. The highest BCUT2D eigenvalue weighted by Crippen LogP contribution is 2.39. The summed E-state index contributed by atoms with van der Waals surface area (Å²) in [6.45, 7) is 0. The first-order valence-corrected chi connectivity index (χ1v) is 15.4. The Morgan fingerprint density at radius 3 is 1.88 bits per heavy atom. The van der Waals surface area contributed by atoms with Gasteiger partial charge in [-0.25, -0.2) is 4.98 Å². The van der Waals surface area contributed by atoms with Gasteiger partial charge in [-0.05, 0) is 72.8 Å². The second-order valence-corrected chi connectivity index (χ2v) is 11.9. The maximum Gasteiger partial charge on any atom is 0.145 e. The molecule has 0 aliphatic rings. The molecule has 0 saturated carbocycles. The number of imidazole rings is 1. The maximum absolute atomic E-state index is 5.03. The van der Waals surface area contributed by atoms with Gasteiger partial charge in [-0.1, -0.05) is 113 Å². The van der Waals surface area contributed by atoms with E-state index in [-0.39, 0.29) is 0 Å². The molecule has 0 unspecified atom stereocenters. The molecule has 0 aliphatic carbocycles. The molecule has 0 amide bonds. The Kier molecular flexibility index (Phi) is 7.35. The van der Waals surface area contributed by atoms with Gasteiger partial charge in [-0.2, -0.15) is 0 Å². The van der Waals surface area contributed by atoms with Crippen LogP contribution in [0.4, 0.5) is 17.1 Å². The van der Waals surface area contributed by atoms with E-state index in [2.05, 4.69) is 171 Å². The lowest BCUT2D eigenvalue weighted by Crippen LogP contribution is -2.09. The van der Waals surface area contributed by atoms with E-state index in [0.717, 1.165) is 59.4 Å². The minimum absolute atomic E-state index is 0.925. The number of hydrogen-bond donors (Lipinski definition) is 0. The normalized spacial score (nSPS) is 11.1. The molecule has 1 aromatic heterocycles. The predicted molar refractivity (Wildman–Crippen MR) is 179 cm³/mol. The van der Waals surface area contributed by atoms with E-state index in [4.69, 9.17) is 4.98 Å². The molecular formula is C37H26BrN3S. The summed E-state index contributed by atoms with van der Waals surface area (Å²) in [6.07, 6.45) is 0. The zero-order valence-corrected chi connectivity index (χ0v) is 25.0. The second-order valence-electron chi connectivity index (χ2n) is 9.88. The molecule has 5 heteroatoms. The molecule has 3 nitrogen and oxygen atoms in total. The van der Waals surface area contributed by atoms with Crippen LogP contribution in [0.25, 0.3) is 28.1 Å². The van der Waals surface area contributed by atoms with E-state index >= 15 is 0 Å². The third-order valence-corrected chi connectivity index (χ3v) is 8.47. The lowest BCUT2D eigenvalue weighted by Gasteiger charge is -2.25. The predicted octanol–water partition coefficient (Wildman–Crippen LogP) is 11.1. The van der Waals surface area contributed by atoms with Crippen molar-refractivity contribution >= 4 is 55.8 Å². The van der Waals surface area contributed by atoms with Gasteiger partial charge in [0.1, 0.15) is 5.82 Å². The summed E-state index contributed by atoms with van der Waals surface area (Å²) >= 11 is 5.55. The van der Waals surface area contributed by atoms with E-state index in [0.29, 0.717) is 0 Å². The van der Waals surface area contributed by atoms with E-state index in [1.54, 1.807) is 11.8 Å². The molecule has 1 heterocycles. The molecule has 6 aromatic carbocycles. The highest BCUT2D eigenvalue weighted by Gasteiger charge is 2.16. The largest absolute Gasteiger partial charge is 0.310 e. The second kappa shape index (κ2) is 11.7. The van der Waals surface area contributed by atoms with Gasteiger partial charge >= 0.3 is 0 Å². The van der Waals surface area contributed by atoms with Crippen LogP contribution in [0, 0.1) is 0 Å². The number of hydrogen-bond acceptors (Lipinski definition) is 3. The zero-order valence-electron chi connectivity index (χ0n) is 22.6. The first-order valence-electron chi connectivity index (χ1n) is 13.7. The van der Waals surface area contributed by atoms with Crippen LogP contribution in [0.2, 0.25) is 0 Å². The molecule has 0 atom stereocenters. The summed E-state index contributed by atoms with van der Waals surface area (Å²) in [5, 5.41) is 0. The van der Waals surface area contributed by atoms with E-state index in [1.165, 1.54) is 0 Å². The van der Waals surface area contributed by atoms with Crippen molar-refractivity contribution in [2.45, 2.75) is 9.79 Å². The van der Waals surface area contributed by atoms with Crippen LogP contribution in [0.1, 0.15) is 0 Å². The van der Waals surface area contributed by atoms with Crippen LogP contribution in [0.15, 0.2) is 172 Å². The highest BCUT2D eigenvalue weighted by molar-refractivity contribution is 9.10. The summed E-state index contributed by atoms with van der Waals surface area (Å²) in [5.74, 6) is 0.925. The standard InChI is InChI=1S/C37H26BrN3S/c38-28-23-32(41-36-22-11-10-21-35(36)39-37(41)27-13-4-1-5-14-27)26-34(24-28)42-33-20-12-19-31(25-33)40(29-15-6-2-7-16-29)30-17-8-3-9-18-30/h1-26H. The van der Waals surface area contributed by atoms with Crippen LogP contribution in [0.5, 0.6) is 0 Å². The summed E-state index contributed by atoms with van der Waals surface area (Å²) in [7, 11) is 0. The third kappa shape index (κ3) is 5.37. The molecule has 0 spiro atoms. The number of para-hydroxylation sites is 4. The molecule has 0 N–H and O–H groups in total. The minimum Gasteiger partial charge on any atom is -0.310 e. The number of anilines is 3. The van der Waals surface area contributed by atoms with Gasteiger partial charge in [0.25, 0.3) is 0 Å². The van der Waals surface area contributed by atoms with E-state index < -0.39 is 0 Å². The molecule has 0 aliphatic heterocycles. The van der Waals surface area contributed by atoms with Crippen molar-refractivity contribution in [1.29, 1.82) is 0 Å². The molecule has 7 rings (SSSR count). The summed E-state index contributed by atoms with van der Waals surface area (Å²) in [6, 6.07) is 55.0. The van der Waals surface area contributed by atoms with Crippen molar-refractivity contribution in [1.82, 2.24) is 9.55 Å². The van der Waals surface area contributed by atoms with Crippen molar-refractivity contribution in [3.8, 4) is 17.1 Å². The van der Waals surface area contributed by atoms with Crippen molar-refractivity contribution in [3.63, 3.8) is 0 Å². The van der Waals surface area contributed by atoms with Gasteiger partial charge in [0.15, 0.2) is 0 Å². The number of rotatable bonds is 7. The lowest BCUT2D eigenvalue weighted by molar-refractivity contribution is 1.09. The summed E-state index contributed by atoms with van der Waals surface area (Å²) in [4.78, 5) is 9.62. The van der Waals surface area contributed by atoms with Gasteiger partial charge in [-0.15, -0.1) is 0 Å². The van der Waals surface area contributed by atoms with E-state index in [1.807, 2.05) is 12.1 Å². The first kappa shape index (κ1) is 26.3. The van der Waals surface area contributed by atoms with Gasteiger partial charge in [0.05, 0.1) is 11.0 Å². The Balaban J connectivity index is 1.29. The quantitative estimate of drug-likeness (QED) is 0.176. The average molecular weight is 625 g/mol. The number of halogens is 1. The molecular weight excluding hydrogens is 598 g/mol. The average Bonchev–Trinajstić information content (AvgIpc) is 3.43. The topological polar surface area (TPSA) is 21.1 Å². The first-order chi connectivity index (χ1) is 20.7. The Bertz CT molecular complexity index is 1930. The van der Waals surface area contributed by atoms with Crippen LogP contribution in [-0.4, -0.2) is 9.55 Å². The van der Waals surface area contributed by atoms with Crippen LogP contribution in [-0.2, 0) is 0 Å². The third-order valence-electron chi connectivity index (χ3n) is 7.05. The summed E-state index contributed by atoms with van der Waals surface area (Å²) in [5.41, 5.74) is 7.55. The van der Waals surface area contributed by atoms with Crippen LogP contribution >= 0.6 is 27.7 Å². The Morgan fingerprint density at radius 1 is 0.548 bits per heavy atom. The number of nitrogens with zero attached hydrogens (tertiary/aromatic N) is 3. The molecule has 0 saturated heterocycles. The van der Waals surface area contributed by atoms with Gasteiger partial charge < -0.3 is 4.90 Å². The van der Waals surface area contributed by atoms with Crippen molar-refractivity contribution in [3.05, 3.63) is 162 Å². The molecule has 0 bridgehead atoms.